The van der Waals surface area contributed by atoms with Gasteiger partial charge in [0.2, 0.25) is 0 Å². The second-order valence-electron chi connectivity index (χ2n) is 15.0. The van der Waals surface area contributed by atoms with Gasteiger partial charge < -0.3 is 4.74 Å². The summed E-state index contributed by atoms with van der Waals surface area (Å²) in [5.74, 6) is 1.63. The quantitative estimate of drug-likeness (QED) is 0.293. The Kier molecular flexibility index (Phi) is 5.22. The lowest BCUT2D eigenvalue weighted by molar-refractivity contribution is -0.186. The minimum Gasteiger partial charge on any atom is -0.468 e. The van der Waals surface area contributed by atoms with Gasteiger partial charge in [-0.25, -0.2) is 0 Å². The molecule has 0 saturated heterocycles. The number of carbonyl (C=O) groups excluding carboxylic acids is 2. The number of methoxy groups -OCH3 is 1. The summed E-state index contributed by atoms with van der Waals surface area (Å²) in [6.07, 6.45) is 11.6. The second-order valence-corrected chi connectivity index (χ2v) is 15.0. The molecule has 5 aliphatic carbocycles. The van der Waals surface area contributed by atoms with Gasteiger partial charge in [-0.3, -0.25) is 9.59 Å². The molecule has 2 unspecified atom stereocenters. The molecule has 5 rings (SSSR count). The van der Waals surface area contributed by atoms with Crippen molar-refractivity contribution in [3.63, 3.8) is 0 Å². The highest BCUT2D eigenvalue weighted by Gasteiger charge is 2.68. The van der Waals surface area contributed by atoms with Crippen LogP contribution in [0.1, 0.15) is 119 Å². The van der Waals surface area contributed by atoms with Crippen molar-refractivity contribution in [2.45, 2.75) is 119 Å². The van der Waals surface area contributed by atoms with Crippen LogP contribution in [0.25, 0.3) is 0 Å². The van der Waals surface area contributed by atoms with Crippen LogP contribution < -0.4 is 0 Å². The van der Waals surface area contributed by atoms with Crippen molar-refractivity contribution in [3.05, 3.63) is 11.1 Å². The Hall–Kier alpha value is -1.12. The van der Waals surface area contributed by atoms with Gasteiger partial charge in [0, 0.05) is 11.8 Å². The normalized spacial score (nSPS) is 47.1. The van der Waals surface area contributed by atoms with E-state index in [2.05, 4.69) is 48.5 Å². The molecule has 3 heteroatoms. The zero-order valence-corrected chi connectivity index (χ0v) is 23.2. The molecule has 3 nitrogen and oxygen atoms in total. The number of allylic oxidation sites excluding steroid dienone is 1. The predicted octanol–water partition coefficient (Wildman–Crippen LogP) is 7.67. The maximum absolute atomic E-state index is 13.3. The molecule has 0 radical (unpaired) electrons. The van der Waals surface area contributed by atoms with Gasteiger partial charge in [-0.1, -0.05) is 59.6 Å². The Morgan fingerprint density at radius 3 is 2.15 bits per heavy atom. The summed E-state index contributed by atoms with van der Waals surface area (Å²) in [5, 5.41) is 0. The van der Waals surface area contributed by atoms with Gasteiger partial charge in [0.15, 0.2) is 0 Å². The number of hydrogen-bond acceptors (Lipinski definition) is 3. The van der Waals surface area contributed by atoms with Crippen molar-refractivity contribution in [2.75, 3.05) is 7.11 Å². The van der Waals surface area contributed by atoms with E-state index in [9.17, 15) is 9.59 Å². The van der Waals surface area contributed by atoms with Crippen LogP contribution in [0.5, 0.6) is 0 Å². The van der Waals surface area contributed by atoms with Crippen LogP contribution in [-0.4, -0.2) is 18.9 Å². The number of esters is 1. The number of fused-ring (bicyclic) bond motifs is 6. The highest BCUT2D eigenvalue weighted by atomic mass is 16.5. The number of rotatable bonds is 1. The van der Waals surface area contributed by atoms with Crippen molar-refractivity contribution in [3.8, 4) is 0 Å². The highest BCUT2D eigenvalue weighted by molar-refractivity contribution is 5.85. The molecule has 4 saturated carbocycles. The van der Waals surface area contributed by atoms with Gasteiger partial charge >= 0.3 is 5.97 Å². The van der Waals surface area contributed by atoms with Crippen LogP contribution >= 0.6 is 0 Å². The van der Waals surface area contributed by atoms with Gasteiger partial charge in [0.25, 0.3) is 0 Å². The fraction of sp³-hybridized carbons (Fsp3) is 0.871. The van der Waals surface area contributed by atoms with Crippen LogP contribution in [0, 0.1) is 44.3 Å². The highest BCUT2D eigenvalue weighted by Crippen LogP contribution is 2.75. The molecule has 0 N–H and O–H groups in total. The number of hydrogen-bond donors (Lipinski definition) is 0. The monoisotopic (exact) mass is 468 g/mol. The van der Waals surface area contributed by atoms with E-state index in [1.54, 1.807) is 12.7 Å². The van der Waals surface area contributed by atoms with Crippen LogP contribution in [0.4, 0.5) is 0 Å². The average Bonchev–Trinajstić information content (AvgIpc) is 2.76. The van der Waals surface area contributed by atoms with Crippen molar-refractivity contribution in [2.24, 2.45) is 44.3 Å². The summed E-state index contributed by atoms with van der Waals surface area (Å²) in [6.45, 7) is 16.9. The summed E-state index contributed by atoms with van der Waals surface area (Å²) in [5.41, 5.74) is 3.34. The van der Waals surface area contributed by atoms with Crippen molar-refractivity contribution >= 4 is 11.8 Å². The topological polar surface area (TPSA) is 43.4 Å². The third-order valence-electron chi connectivity index (χ3n) is 12.9. The van der Waals surface area contributed by atoms with Crippen LogP contribution in [-0.2, 0) is 14.3 Å². The average molecular weight is 469 g/mol. The van der Waals surface area contributed by atoms with E-state index in [-0.39, 0.29) is 38.5 Å². The molecule has 0 aromatic carbocycles. The van der Waals surface area contributed by atoms with E-state index in [0.717, 1.165) is 57.8 Å². The minimum absolute atomic E-state index is 0.0167. The molecular formula is C31H48O3. The standard InChI is InChI=1S/C31H48O3/c1-26(2)15-17-31(25(33)34-8)18-16-29(6)20(21(31)19-26)9-10-23-28(5)13-12-24(32)27(3,4)22(28)11-14-30(23,29)7/h22-23H,9-19H2,1-8H3/t22?,23?,28-,29+,30+,31-/m0/s1. The Bertz CT molecular complexity index is 956. The molecule has 0 aromatic rings. The van der Waals surface area contributed by atoms with Gasteiger partial charge in [0.1, 0.15) is 5.78 Å². The molecule has 5 aliphatic rings. The molecule has 0 spiro atoms. The van der Waals surface area contributed by atoms with Gasteiger partial charge in [-0.15, -0.1) is 0 Å². The first kappa shape index (κ1) is 24.6. The lowest BCUT2D eigenvalue weighted by Crippen LogP contribution is -2.63. The van der Waals surface area contributed by atoms with Crippen molar-refractivity contribution in [1.29, 1.82) is 0 Å². The minimum atomic E-state index is -0.386. The summed E-state index contributed by atoms with van der Waals surface area (Å²) < 4.78 is 5.48. The molecule has 0 heterocycles. The first-order valence-electron chi connectivity index (χ1n) is 14.0. The zero-order valence-electron chi connectivity index (χ0n) is 23.2. The Morgan fingerprint density at radius 1 is 0.794 bits per heavy atom. The Labute approximate surface area is 207 Å². The van der Waals surface area contributed by atoms with E-state index >= 15 is 0 Å². The molecule has 190 valence electrons. The van der Waals surface area contributed by atoms with Gasteiger partial charge in [-0.2, -0.15) is 0 Å². The fourth-order valence-corrected chi connectivity index (χ4v) is 10.6. The molecular weight excluding hydrogens is 420 g/mol. The third kappa shape index (κ3) is 2.88. The van der Waals surface area contributed by atoms with Crippen molar-refractivity contribution < 1.29 is 14.3 Å². The van der Waals surface area contributed by atoms with E-state index < -0.39 is 0 Å². The zero-order chi connectivity index (χ0) is 24.9. The molecule has 0 bridgehead atoms. The maximum Gasteiger partial charge on any atom is 0.315 e. The van der Waals surface area contributed by atoms with Crippen LogP contribution in [0.2, 0.25) is 0 Å². The number of ether oxygens (including phenoxy) is 1. The summed E-state index contributed by atoms with van der Waals surface area (Å²) in [7, 11) is 1.58. The molecule has 34 heavy (non-hydrogen) atoms. The van der Waals surface area contributed by atoms with Crippen LogP contribution in [0.3, 0.4) is 0 Å². The Morgan fingerprint density at radius 2 is 1.47 bits per heavy atom. The fourth-order valence-electron chi connectivity index (χ4n) is 10.6. The third-order valence-corrected chi connectivity index (χ3v) is 12.9. The van der Waals surface area contributed by atoms with E-state index in [4.69, 9.17) is 4.74 Å². The largest absolute Gasteiger partial charge is 0.468 e. The molecule has 4 fully saturated rings. The first-order valence-corrected chi connectivity index (χ1v) is 14.0. The molecule has 0 aromatic heterocycles. The Balaban J connectivity index is 1.63. The predicted molar refractivity (Wildman–Crippen MR) is 136 cm³/mol. The molecule has 0 amide bonds. The van der Waals surface area contributed by atoms with Gasteiger partial charge in [-0.05, 0) is 97.7 Å². The maximum atomic E-state index is 13.3. The van der Waals surface area contributed by atoms with Gasteiger partial charge in [0.05, 0.1) is 12.5 Å². The summed E-state index contributed by atoms with van der Waals surface area (Å²) >= 11 is 0. The van der Waals surface area contributed by atoms with E-state index in [1.807, 2.05) is 0 Å². The lowest BCUT2D eigenvalue weighted by atomic mass is 9.34. The van der Waals surface area contributed by atoms with Crippen LogP contribution in [0.15, 0.2) is 11.1 Å². The number of ketones is 1. The molecule has 0 aliphatic heterocycles. The number of carbonyl (C=O) groups is 2. The SMILES string of the molecule is COC(=O)[C@]12CCC(C)(C)CC1=C1CCC3[C@@]4(C)CCC(=O)C(C)(C)C4CC[C@@]3(C)[C@]1(C)CC2. The van der Waals surface area contributed by atoms with E-state index in [0.29, 0.717) is 17.6 Å². The lowest BCUT2D eigenvalue weighted by Gasteiger charge is -2.70. The first-order chi connectivity index (χ1) is 15.7. The number of Topliss-reactive ketones (excluding diaryl/α,β-unsaturated/α-hetero) is 1. The summed E-state index contributed by atoms with van der Waals surface area (Å²) in [4.78, 5) is 26.3. The second kappa shape index (κ2) is 7.22. The molecule has 6 atom stereocenters. The summed E-state index contributed by atoms with van der Waals surface area (Å²) in [6, 6.07) is 0. The van der Waals surface area contributed by atoms with Crippen molar-refractivity contribution in [1.82, 2.24) is 0 Å². The van der Waals surface area contributed by atoms with E-state index in [1.165, 1.54) is 18.4 Å². The smallest absolute Gasteiger partial charge is 0.315 e.